The topological polar surface area (TPSA) is 0 Å². The first-order valence-corrected chi connectivity index (χ1v) is 12.8. The molecule has 0 spiro atoms. The lowest BCUT2D eigenvalue weighted by Gasteiger charge is -2.34. The van der Waals surface area contributed by atoms with Gasteiger partial charge in [-0.25, -0.2) is 0 Å². The third-order valence-electron chi connectivity index (χ3n) is 5.77. The Morgan fingerprint density at radius 1 is 0.548 bits per heavy atom. The minimum atomic E-state index is -0.284. The second-order valence-corrected chi connectivity index (χ2v) is 10.6. The minimum absolute atomic E-state index is 0.284. The molecule has 5 rings (SSSR count). The highest BCUT2D eigenvalue weighted by molar-refractivity contribution is 9.10. The third-order valence-corrected chi connectivity index (χ3v) is 8.37. The molecule has 0 fully saturated rings. The van der Waals surface area contributed by atoms with Crippen molar-refractivity contribution in [1.29, 1.82) is 0 Å². The van der Waals surface area contributed by atoms with Gasteiger partial charge in [0.25, 0.3) is 0 Å². The molecule has 0 saturated carbocycles. The summed E-state index contributed by atoms with van der Waals surface area (Å²) in [6, 6.07) is 39.3. The van der Waals surface area contributed by atoms with Crippen LogP contribution in [0.1, 0.15) is 22.3 Å². The predicted octanol–water partition coefficient (Wildman–Crippen LogP) is 8.81. The molecule has 3 heteroatoms. The average molecular weight is 548 g/mol. The zero-order valence-corrected chi connectivity index (χ0v) is 20.8. The van der Waals surface area contributed by atoms with Crippen LogP contribution in [0.15, 0.2) is 118 Å². The van der Waals surface area contributed by atoms with Gasteiger partial charge in [0, 0.05) is 14.7 Å². The van der Waals surface area contributed by atoms with Gasteiger partial charge in [0.1, 0.15) is 0 Å². The molecular weight excluding hydrogens is 528 g/mol. The Bertz CT molecular complexity index is 1170. The smallest absolute Gasteiger partial charge is 0.0919 e. The van der Waals surface area contributed by atoms with Gasteiger partial charge in [-0.2, -0.15) is 0 Å². The highest BCUT2D eigenvalue weighted by Gasteiger charge is 2.45. The number of benzene rings is 4. The quantitative estimate of drug-likeness (QED) is 0.246. The molecule has 31 heavy (non-hydrogen) atoms. The number of hydrogen-bond donors (Lipinski definition) is 0. The highest BCUT2D eigenvalue weighted by atomic mass is 79.9. The van der Waals surface area contributed by atoms with Crippen LogP contribution >= 0.6 is 43.6 Å². The van der Waals surface area contributed by atoms with Crippen molar-refractivity contribution in [2.24, 2.45) is 0 Å². The van der Waals surface area contributed by atoms with Crippen molar-refractivity contribution in [1.82, 2.24) is 0 Å². The van der Waals surface area contributed by atoms with E-state index in [9.17, 15) is 0 Å². The molecule has 0 N–H and O–H groups in total. The van der Waals surface area contributed by atoms with Crippen LogP contribution < -0.4 is 0 Å². The predicted molar refractivity (Wildman–Crippen MR) is 141 cm³/mol. The third kappa shape index (κ3) is 3.84. The molecule has 0 aromatic heterocycles. The summed E-state index contributed by atoms with van der Waals surface area (Å²) >= 11 is 9.25. The molecule has 0 saturated heterocycles. The van der Waals surface area contributed by atoms with Crippen LogP contribution in [-0.2, 0) is 4.75 Å². The Hall–Kier alpha value is -2.07. The van der Waals surface area contributed by atoms with Crippen LogP contribution in [0.5, 0.6) is 0 Å². The van der Waals surface area contributed by atoms with Gasteiger partial charge >= 0.3 is 0 Å². The van der Waals surface area contributed by atoms with E-state index in [0.717, 1.165) is 14.7 Å². The van der Waals surface area contributed by atoms with Crippen molar-refractivity contribution < 1.29 is 0 Å². The molecule has 1 heterocycles. The maximum Gasteiger partial charge on any atom is 0.0919 e. The Labute approximate surface area is 204 Å². The van der Waals surface area contributed by atoms with Gasteiger partial charge in [0.15, 0.2) is 0 Å². The van der Waals surface area contributed by atoms with Gasteiger partial charge in [0.2, 0.25) is 0 Å². The van der Waals surface area contributed by atoms with E-state index >= 15 is 0 Å². The van der Waals surface area contributed by atoms with Crippen LogP contribution in [0.3, 0.4) is 0 Å². The minimum Gasteiger partial charge on any atom is -0.136 e. The van der Waals surface area contributed by atoms with Crippen LogP contribution in [0, 0.1) is 0 Å². The Balaban J connectivity index is 1.85. The molecule has 1 aliphatic rings. The summed E-state index contributed by atoms with van der Waals surface area (Å²) in [6.45, 7) is 0. The van der Waals surface area contributed by atoms with Gasteiger partial charge < -0.3 is 0 Å². The molecule has 0 radical (unpaired) electrons. The first kappa shape index (κ1) is 20.8. The van der Waals surface area contributed by atoms with E-state index < -0.39 is 0 Å². The van der Waals surface area contributed by atoms with Crippen molar-refractivity contribution in [3.63, 3.8) is 0 Å². The fourth-order valence-electron chi connectivity index (χ4n) is 4.38. The Morgan fingerprint density at radius 3 is 1.48 bits per heavy atom. The molecule has 0 nitrogen and oxygen atoms in total. The van der Waals surface area contributed by atoms with Crippen molar-refractivity contribution in [2.45, 2.75) is 4.75 Å². The summed E-state index contributed by atoms with van der Waals surface area (Å²) in [5.74, 6) is 0.959. The number of rotatable bonds is 4. The Morgan fingerprint density at radius 2 is 1.00 bits per heavy atom. The maximum atomic E-state index is 3.62. The molecular formula is C28H20Br2S. The highest BCUT2D eigenvalue weighted by Crippen LogP contribution is 2.60. The zero-order valence-electron chi connectivity index (χ0n) is 16.8. The van der Waals surface area contributed by atoms with E-state index in [2.05, 4.69) is 141 Å². The molecule has 0 aliphatic carbocycles. The molecule has 4 aromatic carbocycles. The molecule has 4 aromatic rings. The lowest BCUT2D eigenvalue weighted by Crippen LogP contribution is -2.23. The summed E-state index contributed by atoms with van der Waals surface area (Å²) in [6.07, 6.45) is 0. The fraction of sp³-hybridized carbons (Fsp3) is 0.0714. The zero-order chi connectivity index (χ0) is 21.3. The maximum absolute atomic E-state index is 3.62. The molecule has 152 valence electrons. The van der Waals surface area contributed by atoms with Crippen molar-refractivity contribution in [3.8, 4) is 0 Å². The van der Waals surface area contributed by atoms with E-state index in [4.69, 9.17) is 0 Å². The monoisotopic (exact) mass is 546 g/mol. The van der Waals surface area contributed by atoms with E-state index in [1.54, 1.807) is 0 Å². The SMILES string of the molecule is Brc1ccc(C2(c3ccc(Br)cc3)SCC(c3ccccc3)=C2c2ccccc2)cc1. The van der Waals surface area contributed by atoms with Gasteiger partial charge in [-0.1, -0.05) is 117 Å². The van der Waals surface area contributed by atoms with Gasteiger partial charge in [0.05, 0.1) is 4.75 Å². The first-order valence-electron chi connectivity index (χ1n) is 10.2. The lowest BCUT2D eigenvalue weighted by atomic mass is 9.78. The van der Waals surface area contributed by atoms with E-state index in [1.165, 1.54) is 33.4 Å². The second kappa shape index (κ2) is 8.82. The van der Waals surface area contributed by atoms with Crippen molar-refractivity contribution in [2.75, 3.05) is 5.75 Å². The van der Waals surface area contributed by atoms with Crippen LogP contribution in [0.25, 0.3) is 11.1 Å². The largest absolute Gasteiger partial charge is 0.136 e. The van der Waals surface area contributed by atoms with E-state index in [1.807, 2.05) is 11.8 Å². The number of thioether (sulfide) groups is 1. The van der Waals surface area contributed by atoms with Gasteiger partial charge in [-0.15, -0.1) is 11.8 Å². The summed E-state index contributed by atoms with van der Waals surface area (Å²) in [5.41, 5.74) is 7.96. The summed E-state index contributed by atoms with van der Waals surface area (Å²) in [5, 5.41) is 0. The van der Waals surface area contributed by atoms with Gasteiger partial charge in [-0.05, 0) is 57.7 Å². The van der Waals surface area contributed by atoms with E-state index in [-0.39, 0.29) is 4.75 Å². The van der Waals surface area contributed by atoms with Crippen LogP contribution in [0.4, 0.5) is 0 Å². The summed E-state index contributed by atoms with van der Waals surface area (Å²) in [4.78, 5) is 0. The van der Waals surface area contributed by atoms with Gasteiger partial charge in [-0.3, -0.25) is 0 Å². The molecule has 1 aliphatic heterocycles. The lowest BCUT2D eigenvalue weighted by molar-refractivity contribution is 0.973. The summed E-state index contributed by atoms with van der Waals surface area (Å²) in [7, 11) is 0. The standard InChI is InChI=1S/C28H20Br2S/c29-24-15-11-22(12-16-24)28(23-13-17-25(30)18-14-23)27(21-9-5-2-6-10-21)26(19-31-28)20-7-3-1-4-8-20/h1-18H,19H2. The normalized spacial score (nSPS) is 15.3. The first-order chi connectivity index (χ1) is 15.2. The molecule has 0 atom stereocenters. The van der Waals surface area contributed by atoms with Crippen molar-refractivity contribution in [3.05, 3.63) is 140 Å². The molecule has 0 bridgehead atoms. The number of hydrogen-bond acceptors (Lipinski definition) is 1. The van der Waals surface area contributed by atoms with Crippen LogP contribution in [-0.4, -0.2) is 5.75 Å². The molecule has 0 unspecified atom stereocenters. The molecule has 0 amide bonds. The number of halogens is 2. The Kier molecular flexibility index (Phi) is 5.92. The summed E-state index contributed by atoms with van der Waals surface area (Å²) < 4.78 is 1.91. The fourth-order valence-corrected chi connectivity index (χ4v) is 6.57. The second-order valence-electron chi connectivity index (χ2n) is 7.57. The van der Waals surface area contributed by atoms with Crippen LogP contribution in [0.2, 0.25) is 0 Å². The average Bonchev–Trinajstić information content (AvgIpc) is 3.22. The van der Waals surface area contributed by atoms with E-state index in [0.29, 0.717) is 0 Å². The van der Waals surface area contributed by atoms with Crippen molar-refractivity contribution >= 4 is 54.8 Å².